The van der Waals surface area contributed by atoms with Crippen LogP contribution in [0.3, 0.4) is 0 Å². The Bertz CT molecular complexity index is 1090. The second kappa shape index (κ2) is 11.5. The number of ketones is 1. The lowest BCUT2D eigenvalue weighted by molar-refractivity contribution is 0.101. The van der Waals surface area contributed by atoms with Crippen molar-refractivity contribution in [3.8, 4) is 11.5 Å². The lowest BCUT2D eigenvalue weighted by Gasteiger charge is -2.19. The van der Waals surface area contributed by atoms with E-state index in [1.54, 1.807) is 12.1 Å². The number of Topliss-reactive ketones (excluding diaryl/α,β-unsaturated/α-hetero) is 1. The molecular formula is C29H36N2O3. The smallest absolute Gasteiger partial charge is 0.231 e. The van der Waals surface area contributed by atoms with Crippen molar-refractivity contribution >= 4 is 11.4 Å². The van der Waals surface area contributed by atoms with Crippen LogP contribution in [0.2, 0.25) is 0 Å². The van der Waals surface area contributed by atoms with Gasteiger partial charge in [-0.2, -0.15) is 0 Å². The topological polar surface area (TPSA) is 61.8 Å². The van der Waals surface area contributed by atoms with Gasteiger partial charge in [0.05, 0.1) is 11.1 Å². The summed E-state index contributed by atoms with van der Waals surface area (Å²) < 4.78 is 6.08. The van der Waals surface area contributed by atoms with Crippen molar-refractivity contribution < 1.29 is 14.6 Å². The summed E-state index contributed by atoms with van der Waals surface area (Å²) >= 11 is 0. The second-order valence-electron chi connectivity index (χ2n) is 9.36. The predicted molar refractivity (Wildman–Crippen MR) is 137 cm³/mol. The number of allylic oxidation sites excluding steroid dienone is 4. The molecule has 34 heavy (non-hydrogen) atoms. The Morgan fingerprint density at radius 3 is 2.62 bits per heavy atom. The van der Waals surface area contributed by atoms with Crippen LogP contribution in [0.25, 0.3) is 5.57 Å². The summed E-state index contributed by atoms with van der Waals surface area (Å²) in [4.78, 5) is 15.3. The van der Waals surface area contributed by atoms with Gasteiger partial charge in [-0.3, -0.25) is 4.79 Å². The Hall–Kier alpha value is -2.89. The quantitative estimate of drug-likeness (QED) is 0.324. The maximum Gasteiger partial charge on any atom is 0.231 e. The van der Waals surface area contributed by atoms with Crippen molar-refractivity contribution in [2.24, 2.45) is 0 Å². The van der Waals surface area contributed by atoms with Gasteiger partial charge < -0.3 is 20.1 Å². The molecule has 0 amide bonds. The first-order valence-corrected chi connectivity index (χ1v) is 12.5. The molecule has 1 aliphatic heterocycles. The monoisotopic (exact) mass is 460 g/mol. The number of phenolic OH excluding ortho intramolecular Hbond substituents is 1. The molecule has 2 aromatic rings. The van der Waals surface area contributed by atoms with Crippen LogP contribution in [0.15, 0.2) is 54.3 Å². The van der Waals surface area contributed by atoms with Crippen molar-refractivity contribution in [2.45, 2.75) is 51.5 Å². The fourth-order valence-corrected chi connectivity index (χ4v) is 4.78. The number of unbranched alkanes of at least 4 members (excludes halogenated alkanes) is 5. The average Bonchev–Trinajstić information content (AvgIpc) is 3.39. The molecule has 2 aliphatic rings. The first-order chi connectivity index (χ1) is 16.6. The van der Waals surface area contributed by atoms with Gasteiger partial charge in [-0.05, 0) is 81.4 Å². The van der Waals surface area contributed by atoms with Crippen LogP contribution >= 0.6 is 0 Å². The predicted octanol–water partition coefficient (Wildman–Crippen LogP) is 5.48. The number of fused-ring (bicyclic) bond motifs is 2. The molecule has 5 nitrogen and oxygen atoms in total. The molecular weight excluding hydrogens is 424 g/mol. The molecule has 0 saturated carbocycles. The Balaban J connectivity index is 1.37. The minimum absolute atomic E-state index is 0.123. The van der Waals surface area contributed by atoms with E-state index in [0.717, 1.165) is 37.1 Å². The van der Waals surface area contributed by atoms with E-state index in [-0.39, 0.29) is 11.5 Å². The zero-order valence-electron chi connectivity index (χ0n) is 20.4. The highest BCUT2D eigenvalue weighted by Gasteiger charge is 2.32. The number of carbonyl (C=O) groups is 1. The number of nitrogens with zero attached hydrogens (tertiary/aromatic N) is 1. The molecule has 0 atom stereocenters. The first kappa shape index (κ1) is 24.2. The molecule has 5 heteroatoms. The Kier molecular flexibility index (Phi) is 8.20. The number of benzene rings is 2. The molecule has 180 valence electrons. The number of aromatic hydroxyl groups is 1. The zero-order chi connectivity index (χ0) is 23.9. The highest BCUT2D eigenvalue weighted by molar-refractivity contribution is 6.14. The van der Waals surface area contributed by atoms with Crippen molar-refractivity contribution in [2.75, 3.05) is 27.2 Å². The minimum Gasteiger partial charge on any atom is -0.507 e. The molecule has 0 radical (unpaired) electrons. The van der Waals surface area contributed by atoms with E-state index in [1.165, 1.54) is 37.7 Å². The van der Waals surface area contributed by atoms with Gasteiger partial charge in [0.2, 0.25) is 5.78 Å². The summed E-state index contributed by atoms with van der Waals surface area (Å²) in [6.45, 7) is 2.59. The van der Waals surface area contributed by atoms with E-state index < -0.39 is 0 Å². The third kappa shape index (κ3) is 5.60. The number of nitrogens with one attached hydrogen (secondary N) is 1. The summed E-state index contributed by atoms with van der Waals surface area (Å²) in [6.07, 6.45) is 12.2. The van der Waals surface area contributed by atoms with E-state index >= 15 is 0 Å². The van der Waals surface area contributed by atoms with Crippen LogP contribution in [-0.2, 0) is 13.0 Å². The van der Waals surface area contributed by atoms with Gasteiger partial charge in [-0.1, -0.05) is 56.0 Å². The molecule has 0 bridgehead atoms. The number of carbonyl (C=O) groups excluding carboxylic acids is 1. The van der Waals surface area contributed by atoms with E-state index in [1.807, 2.05) is 25.3 Å². The summed E-state index contributed by atoms with van der Waals surface area (Å²) in [5.74, 6) is 0.877. The fraction of sp³-hybridized carbons (Fsp3) is 0.414. The normalized spacial score (nSPS) is 15.6. The van der Waals surface area contributed by atoms with Crippen molar-refractivity contribution in [1.82, 2.24) is 10.2 Å². The molecule has 0 aromatic heterocycles. The van der Waals surface area contributed by atoms with Crippen LogP contribution in [0.1, 0.15) is 65.6 Å². The van der Waals surface area contributed by atoms with Gasteiger partial charge in [0.25, 0.3) is 0 Å². The van der Waals surface area contributed by atoms with Crippen LogP contribution in [-0.4, -0.2) is 43.0 Å². The van der Waals surface area contributed by atoms with Crippen molar-refractivity contribution in [1.29, 1.82) is 0 Å². The summed E-state index contributed by atoms with van der Waals surface area (Å²) in [5.41, 5.74) is 4.63. The maximum absolute atomic E-state index is 13.1. The molecule has 0 unspecified atom stereocenters. The Labute approximate surface area is 203 Å². The zero-order valence-corrected chi connectivity index (χ0v) is 20.4. The Morgan fingerprint density at radius 2 is 1.79 bits per heavy atom. The van der Waals surface area contributed by atoms with Crippen LogP contribution in [0, 0.1) is 0 Å². The number of rotatable bonds is 12. The van der Waals surface area contributed by atoms with Gasteiger partial charge in [0.1, 0.15) is 11.5 Å². The van der Waals surface area contributed by atoms with Gasteiger partial charge in [0, 0.05) is 6.54 Å². The van der Waals surface area contributed by atoms with E-state index in [9.17, 15) is 9.90 Å². The number of hydrogen-bond acceptors (Lipinski definition) is 5. The van der Waals surface area contributed by atoms with Gasteiger partial charge >= 0.3 is 0 Å². The molecule has 2 N–H and O–H groups in total. The number of phenols is 1. The molecule has 2 aromatic carbocycles. The second-order valence-corrected chi connectivity index (χ2v) is 9.36. The molecule has 1 aliphatic carbocycles. The molecule has 1 heterocycles. The van der Waals surface area contributed by atoms with Gasteiger partial charge in [-0.25, -0.2) is 0 Å². The third-order valence-electron chi connectivity index (χ3n) is 6.72. The van der Waals surface area contributed by atoms with E-state index in [2.05, 4.69) is 35.5 Å². The molecule has 0 saturated heterocycles. The lowest BCUT2D eigenvalue weighted by atomic mass is 10.0. The molecule has 0 fully saturated rings. The third-order valence-corrected chi connectivity index (χ3v) is 6.72. The van der Waals surface area contributed by atoms with Crippen LogP contribution < -0.4 is 10.1 Å². The van der Waals surface area contributed by atoms with Crippen molar-refractivity contribution in [3.05, 3.63) is 76.6 Å². The maximum atomic E-state index is 13.1. The standard InChI is InChI=1S/C29H36N2O3/c1-30-17-9-5-3-4-6-10-18-31(2)20-25-26(32)16-15-24-28(33)27(34-29(24)25)19-22-14-13-21-11-7-8-12-23(21)22/h7-8,11-12,14-16,19,30,32H,3-6,9-10,13,17-18,20H2,1-2H3/b27-19-. The SMILES string of the molecule is CNCCCCCCCCN(C)Cc1c(O)ccc2c1O/C(=C\C1=CCc3ccccc31)C2=O. The average molecular weight is 461 g/mol. The van der Waals surface area contributed by atoms with E-state index in [4.69, 9.17) is 4.74 Å². The minimum atomic E-state index is -0.123. The summed E-state index contributed by atoms with van der Waals surface area (Å²) in [6, 6.07) is 11.5. The molecule has 0 spiro atoms. The van der Waals surface area contributed by atoms with Crippen molar-refractivity contribution in [3.63, 3.8) is 0 Å². The summed E-state index contributed by atoms with van der Waals surface area (Å²) in [5, 5.41) is 13.8. The fourth-order valence-electron chi connectivity index (χ4n) is 4.78. The summed E-state index contributed by atoms with van der Waals surface area (Å²) in [7, 11) is 4.06. The van der Waals surface area contributed by atoms with Crippen LogP contribution in [0.5, 0.6) is 11.5 Å². The highest BCUT2D eigenvalue weighted by Crippen LogP contribution is 2.41. The largest absolute Gasteiger partial charge is 0.507 e. The van der Waals surface area contributed by atoms with Gasteiger partial charge in [0.15, 0.2) is 5.76 Å². The van der Waals surface area contributed by atoms with E-state index in [0.29, 0.717) is 29.2 Å². The number of ether oxygens (including phenoxy) is 1. The lowest BCUT2D eigenvalue weighted by Crippen LogP contribution is -2.19. The highest BCUT2D eigenvalue weighted by atomic mass is 16.5. The molecule has 4 rings (SSSR count). The van der Waals surface area contributed by atoms with Crippen LogP contribution in [0.4, 0.5) is 0 Å². The first-order valence-electron chi connectivity index (χ1n) is 12.5. The Morgan fingerprint density at radius 1 is 1.03 bits per heavy atom. The number of hydrogen-bond donors (Lipinski definition) is 2. The van der Waals surface area contributed by atoms with Gasteiger partial charge in [-0.15, -0.1) is 0 Å².